The molecule has 130 valence electrons. The van der Waals surface area contributed by atoms with Crippen LogP contribution in [0.3, 0.4) is 0 Å². The van der Waals surface area contributed by atoms with Gasteiger partial charge in [0.25, 0.3) is 5.56 Å². The summed E-state index contributed by atoms with van der Waals surface area (Å²) in [7, 11) is 3.28. The van der Waals surface area contributed by atoms with Gasteiger partial charge in [0.05, 0.1) is 18.1 Å². The summed E-state index contributed by atoms with van der Waals surface area (Å²) in [5.74, 6) is 2.22. The fraction of sp³-hybridized carbons (Fsp3) is 0.400. The van der Waals surface area contributed by atoms with Crippen molar-refractivity contribution in [3.05, 3.63) is 46.1 Å². The van der Waals surface area contributed by atoms with Crippen molar-refractivity contribution in [3.8, 4) is 16.9 Å². The number of hydrogen-bond acceptors (Lipinski definition) is 3. The molecule has 1 aliphatic carbocycles. The number of fused-ring (bicyclic) bond motifs is 1. The first-order valence-electron chi connectivity index (χ1n) is 8.70. The molecule has 2 heterocycles. The van der Waals surface area contributed by atoms with E-state index in [0.29, 0.717) is 5.75 Å². The molecule has 0 aliphatic heterocycles. The maximum Gasteiger partial charge on any atom is 0.292 e. The molecule has 0 spiro atoms. The second-order valence-electron chi connectivity index (χ2n) is 7.09. The Labute approximate surface area is 146 Å². The fourth-order valence-corrected chi connectivity index (χ4v) is 3.45. The van der Waals surface area contributed by atoms with Crippen LogP contribution in [0.15, 0.2) is 29.2 Å². The predicted octanol–water partition coefficient (Wildman–Crippen LogP) is 3.44. The Morgan fingerprint density at radius 3 is 2.64 bits per heavy atom. The first-order chi connectivity index (χ1) is 12.0. The molecule has 3 aromatic rings. The summed E-state index contributed by atoms with van der Waals surface area (Å²) in [5, 5.41) is 0. The first-order valence-corrected chi connectivity index (χ1v) is 8.70. The van der Waals surface area contributed by atoms with Gasteiger partial charge in [-0.3, -0.25) is 4.79 Å². The molecule has 4 rings (SSSR count). The molecule has 0 radical (unpaired) electrons. The lowest BCUT2D eigenvalue weighted by atomic mass is 10.0. The highest BCUT2D eigenvalue weighted by Crippen LogP contribution is 2.34. The Balaban J connectivity index is 1.90. The largest absolute Gasteiger partial charge is 0.491 e. The van der Waals surface area contributed by atoms with Gasteiger partial charge in [0.15, 0.2) is 5.75 Å². The maximum atomic E-state index is 12.1. The number of imidazole rings is 1. The van der Waals surface area contributed by atoms with Crippen LogP contribution in [0, 0.1) is 19.8 Å². The predicted molar refractivity (Wildman–Crippen MR) is 99.2 cm³/mol. The van der Waals surface area contributed by atoms with Gasteiger partial charge in [-0.15, -0.1) is 0 Å². The lowest BCUT2D eigenvalue weighted by Crippen LogP contribution is -2.17. The van der Waals surface area contributed by atoms with Crippen LogP contribution in [0.2, 0.25) is 0 Å². The number of rotatable bonds is 4. The van der Waals surface area contributed by atoms with Crippen LogP contribution in [0.1, 0.15) is 24.2 Å². The second kappa shape index (κ2) is 5.76. The lowest BCUT2D eigenvalue weighted by Gasteiger charge is -2.11. The van der Waals surface area contributed by atoms with Gasteiger partial charge in [0, 0.05) is 25.4 Å². The van der Waals surface area contributed by atoms with E-state index in [0.717, 1.165) is 40.5 Å². The molecular formula is C20H23N3O2. The summed E-state index contributed by atoms with van der Waals surface area (Å²) in [6.45, 7) is 5.22. The average molecular weight is 337 g/mol. The zero-order chi connectivity index (χ0) is 17.7. The third-order valence-corrected chi connectivity index (χ3v) is 5.08. The van der Waals surface area contributed by atoms with Crippen LogP contribution in [-0.2, 0) is 13.6 Å². The summed E-state index contributed by atoms with van der Waals surface area (Å²) in [6, 6.07) is 6.14. The van der Waals surface area contributed by atoms with E-state index < -0.39 is 0 Å². The van der Waals surface area contributed by atoms with E-state index in [1.165, 1.54) is 25.5 Å². The molecule has 0 amide bonds. The van der Waals surface area contributed by atoms with Crippen molar-refractivity contribution in [1.82, 2.24) is 14.1 Å². The van der Waals surface area contributed by atoms with Gasteiger partial charge < -0.3 is 13.9 Å². The highest BCUT2D eigenvalue weighted by molar-refractivity contribution is 5.85. The molecule has 5 heteroatoms. The van der Waals surface area contributed by atoms with Crippen LogP contribution in [0.4, 0.5) is 0 Å². The minimum atomic E-state index is -0.126. The van der Waals surface area contributed by atoms with E-state index in [9.17, 15) is 4.79 Å². The summed E-state index contributed by atoms with van der Waals surface area (Å²) < 4.78 is 9.15. The van der Waals surface area contributed by atoms with Crippen molar-refractivity contribution in [2.45, 2.75) is 33.2 Å². The van der Waals surface area contributed by atoms with E-state index in [1.54, 1.807) is 11.6 Å². The van der Waals surface area contributed by atoms with Gasteiger partial charge in [-0.25, -0.2) is 4.98 Å². The summed E-state index contributed by atoms with van der Waals surface area (Å²) in [5.41, 5.74) is 5.32. The Kier molecular flexibility index (Phi) is 3.67. The van der Waals surface area contributed by atoms with E-state index in [4.69, 9.17) is 9.72 Å². The van der Waals surface area contributed by atoms with Crippen LogP contribution in [0.25, 0.3) is 22.2 Å². The standard InChI is InChI=1S/C20H23N3O2/c1-12-7-15(16-9-18(25-4)20(24)22(3)11-16)8-17-19(12)21-13(2)23(17)10-14-5-6-14/h7-9,11,14H,5-6,10H2,1-4H3. The second-order valence-corrected chi connectivity index (χ2v) is 7.09. The number of pyridine rings is 1. The third kappa shape index (κ3) is 2.73. The minimum Gasteiger partial charge on any atom is -0.491 e. The lowest BCUT2D eigenvalue weighted by molar-refractivity contribution is 0.405. The van der Waals surface area contributed by atoms with Gasteiger partial charge in [-0.05, 0) is 61.9 Å². The smallest absolute Gasteiger partial charge is 0.292 e. The van der Waals surface area contributed by atoms with Crippen LogP contribution >= 0.6 is 0 Å². The molecule has 0 atom stereocenters. The average Bonchev–Trinajstić information content (AvgIpc) is 3.35. The highest BCUT2D eigenvalue weighted by atomic mass is 16.5. The van der Waals surface area contributed by atoms with Crippen molar-refractivity contribution in [1.29, 1.82) is 0 Å². The molecular weight excluding hydrogens is 314 g/mol. The molecule has 0 unspecified atom stereocenters. The number of hydrogen-bond donors (Lipinski definition) is 0. The number of ether oxygens (including phenoxy) is 1. The summed E-state index contributed by atoms with van der Waals surface area (Å²) in [6.07, 6.45) is 4.49. The maximum absolute atomic E-state index is 12.1. The normalized spacial score (nSPS) is 14.2. The van der Waals surface area contributed by atoms with Gasteiger partial charge >= 0.3 is 0 Å². The first kappa shape index (κ1) is 15.9. The van der Waals surface area contributed by atoms with Gasteiger partial charge in [-0.2, -0.15) is 0 Å². The van der Waals surface area contributed by atoms with E-state index in [-0.39, 0.29) is 5.56 Å². The Hall–Kier alpha value is -2.56. The number of benzene rings is 1. The molecule has 1 aliphatic rings. The number of aryl methyl sites for hydroxylation is 3. The van der Waals surface area contributed by atoms with Crippen LogP contribution in [0.5, 0.6) is 5.75 Å². The Morgan fingerprint density at radius 2 is 1.96 bits per heavy atom. The molecule has 1 fully saturated rings. The van der Waals surface area contributed by atoms with Crippen molar-refractivity contribution in [2.75, 3.05) is 7.11 Å². The molecule has 1 saturated carbocycles. The van der Waals surface area contributed by atoms with Crippen molar-refractivity contribution in [2.24, 2.45) is 13.0 Å². The molecule has 0 bridgehead atoms. The quantitative estimate of drug-likeness (QED) is 0.733. The zero-order valence-corrected chi connectivity index (χ0v) is 15.2. The van der Waals surface area contributed by atoms with Gasteiger partial charge in [0.2, 0.25) is 0 Å². The molecule has 5 nitrogen and oxygen atoms in total. The van der Waals surface area contributed by atoms with Crippen LogP contribution in [-0.4, -0.2) is 21.2 Å². The van der Waals surface area contributed by atoms with Gasteiger partial charge in [-0.1, -0.05) is 0 Å². The highest BCUT2D eigenvalue weighted by Gasteiger charge is 2.24. The third-order valence-electron chi connectivity index (χ3n) is 5.08. The van der Waals surface area contributed by atoms with E-state index in [2.05, 4.69) is 30.5 Å². The van der Waals surface area contributed by atoms with Crippen molar-refractivity contribution in [3.63, 3.8) is 0 Å². The van der Waals surface area contributed by atoms with E-state index in [1.807, 2.05) is 12.3 Å². The van der Waals surface area contributed by atoms with Gasteiger partial charge in [0.1, 0.15) is 5.82 Å². The molecule has 0 N–H and O–H groups in total. The topological polar surface area (TPSA) is 49.0 Å². The summed E-state index contributed by atoms with van der Waals surface area (Å²) in [4.78, 5) is 16.8. The Bertz CT molecular complexity index is 1030. The summed E-state index contributed by atoms with van der Waals surface area (Å²) >= 11 is 0. The number of methoxy groups -OCH3 is 1. The molecule has 0 saturated heterocycles. The molecule has 1 aromatic carbocycles. The monoisotopic (exact) mass is 337 g/mol. The van der Waals surface area contributed by atoms with Crippen LogP contribution < -0.4 is 10.3 Å². The zero-order valence-electron chi connectivity index (χ0n) is 15.2. The fourth-order valence-electron chi connectivity index (χ4n) is 3.45. The molecule has 2 aromatic heterocycles. The van der Waals surface area contributed by atoms with Crippen molar-refractivity contribution >= 4 is 11.0 Å². The van der Waals surface area contributed by atoms with Crippen molar-refractivity contribution < 1.29 is 4.74 Å². The minimum absolute atomic E-state index is 0.126. The Morgan fingerprint density at radius 1 is 1.20 bits per heavy atom. The van der Waals surface area contributed by atoms with E-state index >= 15 is 0 Å². The SMILES string of the molecule is COc1cc(-c2cc(C)c3nc(C)n(CC4CC4)c3c2)cn(C)c1=O. The molecule has 25 heavy (non-hydrogen) atoms. The number of nitrogens with zero attached hydrogens (tertiary/aromatic N) is 3. The number of aromatic nitrogens is 3.